The molecule has 6 aromatic rings. The summed E-state index contributed by atoms with van der Waals surface area (Å²) in [5.41, 5.74) is 13.0. The number of hydrogen-bond acceptors (Lipinski definition) is 4. The number of H-pyrrole nitrogens is 2. The molecule has 6 nitrogen and oxygen atoms in total. The van der Waals surface area contributed by atoms with Gasteiger partial charge in [-0.3, -0.25) is 9.98 Å². The van der Waals surface area contributed by atoms with E-state index in [1.165, 1.54) is 22.3 Å². The first-order valence-electron chi connectivity index (χ1n) is 15.2. The van der Waals surface area contributed by atoms with Gasteiger partial charge in [0.15, 0.2) is 0 Å². The van der Waals surface area contributed by atoms with Crippen LogP contribution in [-0.2, 0) is 0 Å². The van der Waals surface area contributed by atoms with E-state index in [1.807, 2.05) is 97.6 Å². The van der Waals surface area contributed by atoms with E-state index in [-0.39, 0.29) is 0 Å². The molecule has 0 radical (unpaired) electrons. The van der Waals surface area contributed by atoms with Gasteiger partial charge >= 0.3 is 0 Å². The van der Waals surface area contributed by atoms with Crippen LogP contribution in [0.3, 0.4) is 0 Å². The number of nitrogens with zero attached hydrogens (tertiary/aromatic N) is 2. The Bertz CT molecular complexity index is 1810. The average molecular weight is 609 g/mol. The molecule has 0 saturated carbocycles. The average Bonchev–Trinajstić information content (AvgIpc) is 3.79. The van der Waals surface area contributed by atoms with Crippen LogP contribution in [0.5, 0.6) is 11.5 Å². The summed E-state index contributed by atoms with van der Waals surface area (Å²) in [6.45, 7) is 8.41. The van der Waals surface area contributed by atoms with Crippen LogP contribution in [-0.4, -0.2) is 36.6 Å². The van der Waals surface area contributed by atoms with Crippen molar-refractivity contribution in [2.45, 2.75) is 27.7 Å². The molecule has 0 bridgehead atoms. The number of aliphatic imine (C=N–C) groups is 2. The summed E-state index contributed by atoms with van der Waals surface area (Å²) in [5, 5.41) is 0. The molecule has 0 atom stereocenters. The van der Waals surface area contributed by atoms with Crippen LogP contribution in [0.15, 0.2) is 119 Å². The Morgan fingerprint density at radius 2 is 0.826 bits per heavy atom. The number of ether oxygens (including phenoxy) is 2. The van der Waals surface area contributed by atoms with E-state index in [0.29, 0.717) is 0 Å². The highest BCUT2D eigenvalue weighted by Gasteiger charge is 2.16. The minimum atomic E-state index is 0.871. The van der Waals surface area contributed by atoms with Gasteiger partial charge in [0.25, 0.3) is 0 Å². The molecule has 6 heteroatoms. The van der Waals surface area contributed by atoms with Gasteiger partial charge in [-0.1, -0.05) is 48.5 Å². The van der Waals surface area contributed by atoms with Crippen LogP contribution in [0.2, 0.25) is 0 Å². The lowest BCUT2D eigenvalue weighted by Crippen LogP contribution is -1.93. The Morgan fingerprint density at radius 3 is 1.17 bits per heavy atom. The van der Waals surface area contributed by atoms with Crippen LogP contribution in [0.1, 0.15) is 33.6 Å². The maximum Gasteiger partial charge on any atom is 0.127 e. The SMILES string of the molecule is COc1cccc(C)c1-c1c(C)cccc1N=Cc1ccc[nH]1.COc1cccc(C)c1-c1c(C)cccc1N=Cc1ccc[nH]1. The van der Waals surface area contributed by atoms with Gasteiger partial charge in [-0.05, 0) is 98.5 Å². The van der Waals surface area contributed by atoms with Gasteiger partial charge in [-0.15, -0.1) is 0 Å². The van der Waals surface area contributed by atoms with E-state index < -0.39 is 0 Å². The lowest BCUT2D eigenvalue weighted by Gasteiger charge is -2.16. The van der Waals surface area contributed by atoms with E-state index in [2.05, 4.69) is 61.9 Å². The van der Waals surface area contributed by atoms with Crippen LogP contribution in [0.4, 0.5) is 11.4 Å². The van der Waals surface area contributed by atoms with Crippen molar-refractivity contribution in [2.75, 3.05) is 14.2 Å². The molecule has 0 spiro atoms. The van der Waals surface area contributed by atoms with Gasteiger partial charge in [0.2, 0.25) is 0 Å². The number of aromatic amines is 2. The van der Waals surface area contributed by atoms with Gasteiger partial charge in [-0.25, -0.2) is 0 Å². The Kier molecular flexibility index (Phi) is 10.3. The minimum absolute atomic E-state index is 0.871. The first kappa shape index (κ1) is 31.8. The Morgan fingerprint density at radius 1 is 0.457 bits per heavy atom. The summed E-state index contributed by atoms with van der Waals surface area (Å²) in [5.74, 6) is 1.74. The van der Waals surface area contributed by atoms with Crippen LogP contribution < -0.4 is 9.47 Å². The molecule has 0 aliphatic rings. The molecule has 2 heterocycles. The Hall–Kier alpha value is -5.62. The number of nitrogens with one attached hydrogen (secondary N) is 2. The number of hydrogen-bond donors (Lipinski definition) is 2. The fourth-order valence-corrected chi connectivity index (χ4v) is 5.56. The molecular weight excluding hydrogens is 568 g/mol. The summed E-state index contributed by atoms with van der Waals surface area (Å²) in [6, 6.07) is 32.5. The molecular formula is C40H40N4O2. The van der Waals surface area contributed by atoms with Crippen molar-refractivity contribution in [1.82, 2.24) is 9.97 Å². The largest absolute Gasteiger partial charge is 0.496 e. The van der Waals surface area contributed by atoms with E-state index in [0.717, 1.165) is 56.5 Å². The zero-order valence-corrected chi connectivity index (χ0v) is 27.3. The fourth-order valence-electron chi connectivity index (χ4n) is 5.56. The maximum absolute atomic E-state index is 5.58. The molecule has 0 fully saturated rings. The van der Waals surface area contributed by atoms with Crippen LogP contribution in [0.25, 0.3) is 22.3 Å². The molecule has 0 saturated heterocycles. The highest BCUT2D eigenvalue weighted by Crippen LogP contribution is 2.42. The molecule has 0 aliphatic heterocycles. The summed E-state index contributed by atoms with van der Waals surface area (Å²) >= 11 is 0. The molecule has 2 N–H and O–H groups in total. The van der Waals surface area contributed by atoms with Gasteiger partial charge < -0.3 is 19.4 Å². The van der Waals surface area contributed by atoms with Crippen molar-refractivity contribution in [3.8, 4) is 33.8 Å². The number of methoxy groups -OCH3 is 2. The van der Waals surface area contributed by atoms with Crippen LogP contribution in [0, 0.1) is 27.7 Å². The van der Waals surface area contributed by atoms with Gasteiger partial charge in [0.1, 0.15) is 11.5 Å². The number of benzene rings is 4. The van der Waals surface area contributed by atoms with Gasteiger partial charge in [0.05, 0.1) is 49.4 Å². The van der Waals surface area contributed by atoms with Crippen molar-refractivity contribution < 1.29 is 9.47 Å². The third-order valence-corrected chi connectivity index (χ3v) is 7.84. The first-order valence-corrected chi connectivity index (χ1v) is 15.2. The standard InChI is InChI=1S/2C20H20N2O/c2*1-14-7-4-10-17(22-13-16-9-6-12-21-16)19(14)20-15(2)8-5-11-18(20)23-3/h2*4-13,21H,1-3H3. The Balaban J connectivity index is 0.000000181. The number of aryl methyl sites for hydroxylation is 4. The number of aromatic nitrogens is 2. The molecule has 46 heavy (non-hydrogen) atoms. The lowest BCUT2D eigenvalue weighted by molar-refractivity contribution is 0.416. The second-order valence-corrected chi connectivity index (χ2v) is 11.0. The number of rotatable bonds is 8. The van der Waals surface area contributed by atoms with Crippen molar-refractivity contribution in [2.24, 2.45) is 9.98 Å². The Labute approximate surface area is 271 Å². The third kappa shape index (κ3) is 7.19. The zero-order valence-electron chi connectivity index (χ0n) is 27.3. The topological polar surface area (TPSA) is 74.8 Å². The fraction of sp³-hybridized carbons (Fsp3) is 0.150. The molecule has 0 unspecified atom stereocenters. The van der Waals surface area contributed by atoms with Crippen molar-refractivity contribution >= 4 is 23.8 Å². The van der Waals surface area contributed by atoms with E-state index in [9.17, 15) is 0 Å². The normalized spacial score (nSPS) is 11.1. The molecule has 0 amide bonds. The minimum Gasteiger partial charge on any atom is -0.496 e. The zero-order chi connectivity index (χ0) is 32.5. The summed E-state index contributed by atoms with van der Waals surface area (Å²) in [7, 11) is 3.41. The molecule has 6 rings (SSSR count). The van der Waals surface area contributed by atoms with E-state index in [4.69, 9.17) is 19.5 Å². The maximum atomic E-state index is 5.58. The van der Waals surface area contributed by atoms with Crippen LogP contribution >= 0.6 is 0 Å². The monoisotopic (exact) mass is 608 g/mol. The van der Waals surface area contributed by atoms with E-state index in [1.54, 1.807) is 14.2 Å². The molecule has 4 aromatic carbocycles. The lowest BCUT2D eigenvalue weighted by atomic mass is 9.94. The second-order valence-electron chi connectivity index (χ2n) is 11.0. The molecule has 232 valence electrons. The predicted octanol–water partition coefficient (Wildman–Crippen LogP) is 10.1. The highest BCUT2D eigenvalue weighted by molar-refractivity contribution is 5.90. The summed E-state index contributed by atoms with van der Waals surface area (Å²) in [4.78, 5) is 15.7. The van der Waals surface area contributed by atoms with Crippen molar-refractivity contribution in [1.29, 1.82) is 0 Å². The van der Waals surface area contributed by atoms with Gasteiger partial charge in [-0.2, -0.15) is 0 Å². The molecule has 2 aromatic heterocycles. The second kappa shape index (κ2) is 14.9. The quantitative estimate of drug-likeness (QED) is 0.169. The third-order valence-electron chi connectivity index (χ3n) is 7.84. The van der Waals surface area contributed by atoms with Gasteiger partial charge in [0, 0.05) is 34.6 Å². The van der Waals surface area contributed by atoms with Crippen molar-refractivity contribution in [3.05, 3.63) is 143 Å². The smallest absolute Gasteiger partial charge is 0.127 e. The molecule has 0 aliphatic carbocycles. The van der Waals surface area contributed by atoms with Crippen molar-refractivity contribution in [3.63, 3.8) is 0 Å². The summed E-state index contributed by atoms with van der Waals surface area (Å²) < 4.78 is 11.2. The predicted molar refractivity (Wildman–Crippen MR) is 192 cm³/mol. The summed E-state index contributed by atoms with van der Waals surface area (Å²) in [6.07, 6.45) is 7.48. The van der Waals surface area contributed by atoms with E-state index >= 15 is 0 Å². The highest BCUT2D eigenvalue weighted by atomic mass is 16.5. The first-order chi connectivity index (χ1) is 22.4.